The van der Waals surface area contributed by atoms with Gasteiger partial charge in [-0.1, -0.05) is 18.2 Å². The number of benzene rings is 1. The van der Waals surface area contributed by atoms with Gasteiger partial charge in [-0.25, -0.2) is 0 Å². The molecule has 0 amide bonds. The lowest BCUT2D eigenvalue weighted by atomic mass is 9.85. The summed E-state index contributed by atoms with van der Waals surface area (Å²) in [4.78, 5) is 0. The zero-order chi connectivity index (χ0) is 15.8. The molecule has 22 heavy (non-hydrogen) atoms. The summed E-state index contributed by atoms with van der Waals surface area (Å²) in [6.45, 7) is 8.03. The van der Waals surface area contributed by atoms with Crippen LogP contribution in [0.5, 0.6) is 11.6 Å². The maximum atomic E-state index is 5.94. The van der Waals surface area contributed by atoms with E-state index in [-0.39, 0.29) is 0 Å². The van der Waals surface area contributed by atoms with Crippen LogP contribution in [0, 0.1) is 0 Å². The number of aromatic nitrogens is 2. The summed E-state index contributed by atoms with van der Waals surface area (Å²) in [5, 5.41) is 8.24. The predicted octanol–water partition coefficient (Wildman–Crippen LogP) is 2.57. The maximum absolute atomic E-state index is 5.94. The zero-order valence-electron chi connectivity index (χ0n) is 13.2. The van der Waals surface area contributed by atoms with E-state index < -0.39 is 18.3 Å². The van der Waals surface area contributed by atoms with Crippen LogP contribution in [-0.4, -0.2) is 28.5 Å². The molecule has 1 aliphatic heterocycles. The van der Waals surface area contributed by atoms with Crippen molar-refractivity contribution in [1.82, 2.24) is 10.2 Å². The smallest absolute Gasteiger partial charge is 0.438 e. The van der Waals surface area contributed by atoms with E-state index in [1.165, 1.54) is 0 Å². The molecule has 114 valence electrons. The van der Waals surface area contributed by atoms with E-state index >= 15 is 0 Å². The van der Waals surface area contributed by atoms with Gasteiger partial charge in [0.05, 0.1) is 16.8 Å². The van der Waals surface area contributed by atoms with Gasteiger partial charge >= 0.3 is 7.12 Å². The van der Waals surface area contributed by atoms with Crippen molar-refractivity contribution in [3.63, 3.8) is 0 Å². The van der Waals surface area contributed by atoms with Crippen LogP contribution in [0.25, 0.3) is 0 Å². The second-order valence-electron chi connectivity index (χ2n) is 6.30. The lowest BCUT2D eigenvalue weighted by molar-refractivity contribution is 0.00578. The first kappa shape index (κ1) is 15.0. The highest BCUT2D eigenvalue weighted by Gasteiger charge is 2.52. The van der Waals surface area contributed by atoms with Gasteiger partial charge in [-0.3, -0.25) is 0 Å². The summed E-state index contributed by atoms with van der Waals surface area (Å²) < 4.78 is 17.5. The normalized spacial score (nSPS) is 19.2. The number of rotatable bonds is 3. The summed E-state index contributed by atoms with van der Waals surface area (Å²) in [6.07, 6.45) is 0. The van der Waals surface area contributed by atoms with Gasteiger partial charge < -0.3 is 14.0 Å². The van der Waals surface area contributed by atoms with Gasteiger partial charge in [-0.15, -0.1) is 5.10 Å². The van der Waals surface area contributed by atoms with Crippen molar-refractivity contribution in [2.45, 2.75) is 38.9 Å². The molecule has 0 radical (unpaired) electrons. The van der Waals surface area contributed by atoms with Crippen LogP contribution in [-0.2, 0) is 9.31 Å². The third-order valence-corrected chi connectivity index (χ3v) is 4.12. The summed E-state index contributed by atoms with van der Waals surface area (Å²) in [7, 11) is -0.511. The second kappa shape index (κ2) is 5.37. The minimum absolute atomic E-state index is 0.390. The summed E-state index contributed by atoms with van der Waals surface area (Å²) in [5.41, 5.74) is -0.143. The van der Waals surface area contributed by atoms with Crippen LogP contribution < -0.4 is 10.3 Å². The fourth-order valence-corrected chi connectivity index (χ4v) is 2.08. The Hall–Kier alpha value is -1.92. The molecule has 1 fully saturated rings. The van der Waals surface area contributed by atoms with E-state index in [1.54, 1.807) is 6.07 Å². The predicted molar refractivity (Wildman–Crippen MR) is 84.3 cm³/mol. The molecular formula is C16H19BN2O3. The SMILES string of the molecule is CC1(C)OB(c2ccc(Oc3ccccc3)nn2)OC1(C)C. The van der Waals surface area contributed by atoms with Gasteiger partial charge in [0.15, 0.2) is 0 Å². The first-order chi connectivity index (χ1) is 10.4. The van der Waals surface area contributed by atoms with Crippen molar-refractivity contribution < 1.29 is 14.0 Å². The number of ether oxygens (including phenoxy) is 1. The molecule has 0 atom stereocenters. The lowest BCUT2D eigenvalue weighted by Gasteiger charge is -2.32. The molecule has 2 aromatic rings. The fourth-order valence-electron chi connectivity index (χ4n) is 2.08. The molecule has 0 aliphatic carbocycles. The fraction of sp³-hybridized carbons (Fsp3) is 0.375. The number of para-hydroxylation sites is 1. The molecule has 5 nitrogen and oxygen atoms in total. The molecule has 1 aromatic heterocycles. The van der Waals surface area contributed by atoms with Crippen molar-refractivity contribution in [2.24, 2.45) is 0 Å². The minimum Gasteiger partial charge on any atom is -0.438 e. The van der Waals surface area contributed by atoms with Crippen LogP contribution in [0.1, 0.15) is 27.7 Å². The van der Waals surface area contributed by atoms with Crippen LogP contribution in [0.2, 0.25) is 0 Å². The zero-order valence-corrected chi connectivity index (χ0v) is 13.2. The standard InChI is InChI=1S/C16H19BN2O3/c1-15(2)16(3,4)22-17(21-15)13-10-11-14(19-18-13)20-12-8-6-5-7-9-12/h5-11H,1-4H3. The highest BCUT2D eigenvalue weighted by atomic mass is 16.7. The summed E-state index contributed by atoms with van der Waals surface area (Å²) >= 11 is 0. The first-order valence-electron chi connectivity index (χ1n) is 7.30. The van der Waals surface area contributed by atoms with Crippen LogP contribution in [0.3, 0.4) is 0 Å². The molecule has 2 heterocycles. The average Bonchev–Trinajstić information content (AvgIpc) is 2.69. The van der Waals surface area contributed by atoms with Gasteiger partial charge in [0.2, 0.25) is 5.88 Å². The van der Waals surface area contributed by atoms with E-state index in [0.717, 1.165) is 5.75 Å². The van der Waals surface area contributed by atoms with Crippen molar-refractivity contribution in [3.05, 3.63) is 42.5 Å². The van der Waals surface area contributed by atoms with Crippen molar-refractivity contribution in [1.29, 1.82) is 0 Å². The molecule has 1 saturated heterocycles. The molecule has 0 bridgehead atoms. The van der Waals surface area contributed by atoms with E-state index in [9.17, 15) is 0 Å². The Morgan fingerprint density at radius 2 is 1.50 bits per heavy atom. The third-order valence-electron chi connectivity index (χ3n) is 4.12. The molecule has 0 spiro atoms. The Morgan fingerprint density at radius 3 is 2.05 bits per heavy atom. The molecule has 0 saturated carbocycles. The Morgan fingerprint density at radius 1 is 0.864 bits per heavy atom. The Labute approximate surface area is 130 Å². The summed E-state index contributed by atoms with van der Waals surface area (Å²) in [5.74, 6) is 1.16. The number of hydrogen-bond donors (Lipinski definition) is 0. The highest BCUT2D eigenvalue weighted by Crippen LogP contribution is 2.36. The maximum Gasteiger partial charge on any atom is 0.516 e. The van der Waals surface area contributed by atoms with Crippen molar-refractivity contribution in [3.8, 4) is 11.6 Å². The van der Waals surface area contributed by atoms with Crippen molar-refractivity contribution >= 4 is 12.7 Å². The molecule has 1 aromatic carbocycles. The topological polar surface area (TPSA) is 53.5 Å². The van der Waals surface area contributed by atoms with E-state index in [2.05, 4.69) is 10.2 Å². The van der Waals surface area contributed by atoms with Gasteiger partial charge in [0.25, 0.3) is 0 Å². The minimum atomic E-state index is -0.511. The Balaban J connectivity index is 1.73. The third kappa shape index (κ3) is 2.84. The summed E-state index contributed by atoms with van der Waals surface area (Å²) in [6, 6.07) is 13.0. The van der Waals surface area contributed by atoms with Gasteiger partial charge in [0, 0.05) is 6.07 Å². The molecule has 6 heteroatoms. The number of hydrogen-bond acceptors (Lipinski definition) is 5. The Bertz CT molecular complexity index is 628. The van der Waals surface area contributed by atoms with Crippen LogP contribution in [0.4, 0.5) is 0 Å². The van der Waals surface area contributed by atoms with Gasteiger partial charge in [-0.2, -0.15) is 5.10 Å². The van der Waals surface area contributed by atoms with E-state index in [0.29, 0.717) is 11.5 Å². The molecule has 1 aliphatic rings. The quantitative estimate of drug-likeness (QED) is 0.815. The largest absolute Gasteiger partial charge is 0.516 e. The van der Waals surface area contributed by atoms with Crippen LogP contribution in [0.15, 0.2) is 42.5 Å². The van der Waals surface area contributed by atoms with Gasteiger partial charge in [0.1, 0.15) is 5.75 Å². The molecular weight excluding hydrogens is 279 g/mol. The lowest BCUT2D eigenvalue weighted by Crippen LogP contribution is -2.41. The van der Waals surface area contributed by atoms with Crippen molar-refractivity contribution in [2.75, 3.05) is 0 Å². The van der Waals surface area contributed by atoms with E-state index in [1.807, 2.05) is 64.1 Å². The highest BCUT2D eigenvalue weighted by molar-refractivity contribution is 6.61. The molecule has 0 N–H and O–H groups in total. The monoisotopic (exact) mass is 298 g/mol. The van der Waals surface area contributed by atoms with E-state index in [4.69, 9.17) is 14.0 Å². The molecule has 3 rings (SSSR count). The van der Waals surface area contributed by atoms with Crippen LogP contribution >= 0.6 is 0 Å². The second-order valence-corrected chi connectivity index (χ2v) is 6.30. The number of nitrogens with zero attached hydrogens (tertiary/aromatic N) is 2. The molecule has 0 unspecified atom stereocenters. The Kier molecular flexibility index (Phi) is 3.66. The van der Waals surface area contributed by atoms with Gasteiger partial charge in [-0.05, 0) is 45.9 Å². The average molecular weight is 298 g/mol. The first-order valence-corrected chi connectivity index (χ1v) is 7.30.